The van der Waals surface area contributed by atoms with E-state index in [2.05, 4.69) is 4.90 Å². The fraction of sp³-hybridized carbons (Fsp3) is 0.667. The van der Waals surface area contributed by atoms with Gasteiger partial charge in [0.15, 0.2) is 9.84 Å². The summed E-state index contributed by atoms with van der Waals surface area (Å²) < 4.78 is 30.7. The number of piperidine rings is 1. The van der Waals surface area contributed by atoms with Gasteiger partial charge in [-0.25, -0.2) is 8.42 Å². The van der Waals surface area contributed by atoms with Crippen LogP contribution < -0.4 is 0 Å². The van der Waals surface area contributed by atoms with Crippen LogP contribution in [0.3, 0.4) is 0 Å². The highest BCUT2D eigenvalue weighted by Crippen LogP contribution is 2.28. The maximum atomic E-state index is 12.4. The number of aryl methyl sites for hydroxylation is 1. The van der Waals surface area contributed by atoms with Crippen molar-refractivity contribution in [2.45, 2.75) is 43.6 Å². The fourth-order valence-electron chi connectivity index (χ4n) is 3.77. The molecule has 0 bridgehead atoms. The molecule has 0 radical (unpaired) electrons. The monoisotopic (exact) mass is 337 g/mol. The highest BCUT2D eigenvalue weighted by atomic mass is 32.2. The van der Waals surface area contributed by atoms with Gasteiger partial charge in [-0.15, -0.1) is 0 Å². The lowest BCUT2D eigenvalue weighted by atomic mass is 9.88. The van der Waals surface area contributed by atoms with Crippen LogP contribution in [0.4, 0.5) is 0 Å². The van der Waals surface area contributed by atoms with Crippen LogP contribution in [-0.4, -0.2) is 51.4 Å². The second-order valence-electron chi connectivity index (χ2n) is 6.89. The molecule has 3 rings (SSSR count). The molecule has 23 heavy (non-hydrogen) atoms. The van der Waals surface area contributed by atoms with E-state index in [4.69, 9.17) is 4.74 Å². The van der Waals surface area contributed by atoms with Crippen LogP contribution in [0, 0.1) is 12.8 Å². The molecule has 4 nitrogen and oxygen atoms in total. The Morgan fingerprint density at radius 1 is 1.30 bits per heavy atom. The van der Waals surface area contributed by atoms with Crippen molar-refractivity contribution >= 4 is 9.84 Å². The molecule has 1 aromatic carbocycles. The predicted octanol–water partition coefficient (Wildman–Crippen LogP) is 2.66. The predicted molar refractivity (Wildman–Crippen MR) is 91.4 cm³/mol. The number of nitrogens with zero attached hydrogens (tertiary/aromatic N) is 1. The van der Waals surface area contributed by atoms with Crippen LogP contribution in [0.25, 0.3) is 0 Å². The molecule has 2 fully saturated rings. The zero-order chi connectivity index (χ0) is 16.3. The van der Waals surface area contributed by atoms with Crippen molar-refractivity contribution in [3.8, 4) is 0 Å². The van der Waals surface area contributed by atoms with E-state index in [1.54, 1.807) is 12.1 Å². The summed E-state index contributed by atoms with van der Waals surface area (Å²) in [7, 11) is -3.16. The van der Waals surface area contributed by atoms with Crippen LogP contribution in [0.15, 0.2) is 29.2 Å². The quantitative estimate of drug-likeness (QED) is 0.829. The molecule has 0 N–H and O–H groups in total. The number of hydrogen-bond acceptors (Lipinski definition) is 4. The SMILES string of the molecule is Cc1cccc(S(=O)(=O)CCCN2CC[C@@H]3OCCC[C@@H]3C2)c1. The summed E-state index contributed by atoms with van der Waals surface area (Å²) in [5.74, 6) is 0.878. The Bertz CT molecular complexity index is 629. The second-order valence-corrected chi connectivity index (χ2v) is 9.00. The van der Waals surface area contributed by atoms with Crippen molar-refractivity contribution in [3.05, 3.63) is 29.8 Å². The summed E-state index contributed by atoms with van der Waals surface area (Å²) in [4.78, 5) is 2.87. The molecule has 2 aliphatic rings. The smallest absolute Gasteiger partial charge is 0.178 e. The first-order chi connectivity index (χ1) is 11.0. The van der Waals surface area contributed by atoms with E-state index in [0.717, 1.165) is 44.6 Å². The van der Waals surface area contributed by atoms with Gasteiger partial charge in [-0.1, -0.05) is 12.1 Å². The van der Waals surface area contributed by atoms with Crippen molar-refractivity contribution in [2.75, 3.05) is 32.0 Å². The highest BCUT2D eigenvalue weighted by molar-refractivity contribution is 7.91. The molecular formula is C18H27NO3S. The lowest BCUT2D eigenvalue weighted by Crippen LogP contribution is -2.46. The Morgan fingerprint density at radius 3 is 3.00 bits per heavy atom. The normalized spacial score (nSPS) is 26.0. The zero-order valence-electron chi connectivity index (χ0n) is 13.9. The molecule has 0 spiro atoms. The summed E-state index contributed by atoms with van der Waals surface area (Å²) >= 11 is 0. The Balaban J connectivity index is 1.49. The fourth-order valence-corrected chi connectivity index (χ4v) is 5.17. The molecule has 5 heteroatoms. The van der Waals surface area contributed by atoms with Crippen LogP contribution >= 0.6 is 0 Å². The molecule has 1 aromatic rings. The van der Waals surface area contributed by atoms with Crippen molar-refractivity contribution in [3.63, 3.8) is 0 Å². The number of sulfone groups is 1. The first-order valence-electron chi connectivity index (χ1n) is 8.68. The van der Waals surface area contributed by atoms with E-state index < -0.39 is 9.84 Å². The first-order valence-corrected chi connectivity index (χ1v) is 10.3. The number of fused-ring (bicyclic) bond motifs is 1. The van der Waals surface area contributed by atoms with Gasteiger partial charge in [0, 0.05) is 19.7 Å². The van der Waals surface area contributed by atoms with Crippen molar-refractivity contribution in [1.82, 2.24) is 4.90 Å². The van der Waals surface area contributed by atoms with Crippen molar-refractivity contribution < 1.29 is 13.2 Å². The molecule has 2 heterocycles. The lowest BCUT2D eigenvalue weighted by molar-refractivity contribution is -0.0660. The molecule has 0 aliphatic carbocycles. The third-order valence-electron chi connectivity index (χ3n) is 5.04. The van der Waals surface area contributed by atoms with Crippen molar-refractivity contribution in [1.29, 1.82) is 0 Å². The summed E-state index contributed by atoms with van der Waals surface area (Å²) in [6.45, 7) is 5.81. The largest absolute Gasteiger partial charge is 0.378 e. The van der Waals surface area contributed by atoms with Gasteiger partial charge >= 0.3 is 0 Å². The molecule has 0 amide bonds. The van der Waals surface area contributed by atoms with Crippen LogP contribution in [0.2, 0.25) is 0 Å². The number of hydrogen-bond donors (Lipinski definition) is 0. The molecule has 2 atom stereocenters. The molecule has 0 saturated carbocycles. The van der Waals surface area contributed by atoms with Gasteiger partial charge < -0.3 is 9.64 Å². The van der Waals surface area contributed by atoms with Gasteiger partial charge in [-0.05, 0) is 62.8 Å². The second kappa shape index (κ2) is 7.32. The minimum absolute atomic E-state index is 0.234. The van der Waals surface area contributed by atoms with Crippen LogP contribution in [-0.2, 0) is 14.6 Å². The van der Waals surface area contributed by atoms with Gasteiger partial charge in [0.2, 0.25) is 0 Å². The summed E-state index contributed by atoms with van der Waals surface area (Å²) in [6.07, 6.45) is 4.65. The minimum Gasteiger partial charge on any atom is -0.378 e. The number of ether oxygens (including phenoxy) is 1. The standard InChI is InChI=1S/C18H27NO3S/c1-15-5-2-7-17(13-15)23(20,21)12-4-9-19-10-8-18-16(14-19)6-3-11-22-18/h2,5,7,13,16,18H,3-4,6,8-12,14H2,1H3/t16-,18+/m1/s1. The number of likely N-dealkylation sites (tertiary alicyclic amines) is 1. The first kappa shape index (κ1) is 16.9. The van der Waals surface area contributed by atoms with E-state index in [-0.39, 0.29) is 5.75 Å². The molecule has 128 valence electrons. The van der Waals surface area contributed by atoms with Gasteiger partial charge in [0.25, 0.3) is 0 Å². The third-order valence-corrected chi connectivity index (χ3v) is 6.83. The van der Waals surface area contributed by atoms with Gasteiger partial charge in [0.1, 0.15) is 0 Å². The number of rotatable bonds is 5. The van der Waals surface area contributed by atoms with Gasteiger partial charge in [0.05, 0.1) is 16.8 Å². The average molecular weight is 337 g/mol. The summed E-state index contributed by atoms with van der Waals surface area (Å²) in [5.41, 5.74) is 0.991. The van der Waals surface area contributed by atoms with Crippen molar-refractivity contribution in [2.24, 2.45) is 5.92 Å². The summed E-state index contributed by atoms with van der Waals surface area (Å²) in [6, 6.07) is 7.21. The van der Waals surface area contributed by atoms with Gasteiger partial charge in [-0.3, -0.25) is 0 Å². The highest BCUT2D eigenvalue weighted by Gasteiger charge is 2.31. The zero-order valence-corrected chi connectivity index (χ0v) is 14.7. The van der Waals surface area contributed by atoms with E-state index >= 15 is 0 Å². The van der Waals surface area contributed by atoms with Crippen LogP contribution in [0.5, 0.6) is 0 Å². The molecule has 0 aromatic heterocycles. The third kappa shape index (κ3) is 4.34. The molecule has 0 unspecified atom stereocenters. The maximum absolute atomic E-state index is 12.4. The Labute approximate surface area is 139 Å². The summed E-state index contributed by atoms with van der Waals surface area (Å²) in [5, 5.41) is 0. The Hall–Kier alpha value is -0.910. The Kier molecular flexibility index (Phi) is 5.39. The molecule has 2 saturated heterocycles. The van der Waals surface area contributed by atoms with E-state index in [1.807, 2.05) is 19.1 Å². The topological polar surface area (TPSA) is 46.6 Å². The van der Waals surface area contributed by atoms with E-state index in [0.29, 0.717) is 23.3 Å². The molecule has 2 aliphatic heterocycles. The van der Waals surface area contributed by atoms with E-state index in [9.17, 15) is 8.42 Å². The number of benzene rings is 1. The average Bonchev–Trinajstić information content (AvgIpc) is 2.54. The lowest BCUT2D eigenvalue weighted by Gasteiger charge is -2.41. The molecular weight excluding hydrogens is 310 g/mol. The van der Waals surface area contributed by atoms with Gasteiger partial charge in [-0.2, -0.15) is 0 Å². The minimum atomic E-state index is -3.16. The maximum Gasteiger partial charge on any atom is 0.178 e. The Morgan fingerprint density at radius 2 is 2.17 bits per heavy atom. The van der Waals surface area contributed by atoms with Crippen LogP contribution in [0.1, 0.15) is 31.2 Å². The van der Waals surface area contributed by atoms with E-state index in [1.165, 1.54) is 6.42 Å².